The maximum Gasteiger partial charge on any atom is 0.225 e. The molecule has 0 aliphatic heterocycles. The SMILES string of the molecule is Nc1c2c(-c3cccc(Cl)c3)nc(NCCc3ccccn3)nc2nn1-c1ccc(Cl)cc1. The summed E-state index contributed by atoms with van der Waals surface area (Å²) in [5.41, 5.74) is 10.3. The van der Waals surface area contributed by atoms with Crippen molar-refractivity contribution in [2.24, 2.45) is 0 Å². The molecule has 0 aliphatic carbocycles. The molecule has 7 nitrogen and oxygen atoms in total. The zero-order valence-electron chi connectivity index (χ0n) is 17.4. The summed E-state index contributed by atoms with van der Waals surface area (Å²) in [6, 6.07) is 20.6. The molecule has 0 amide bonds. The number of anilines is 2. The van der Waals surface area contributed by atoms with Crippen molar-refractivity contribution in [3.8, 4) is 16.9 Å². The second kappa shape index (κ2) is 9.05. The molecule has 0 radical (unpaired) electrons. The Morgan fingerprint density at radius 1 is 0.909 bits per heavy atom. The highest BCUT2D eigenvalue weighted by molar-refractivity contribution is 6.31. The van der Waals surface area contributed by atoms with Crippen LogP contribution in [0, 0.1) is 0 Å². The summed E-state index contributed by atoms with van der Waals surface area (Å²) < 4.78 is 1.64. The van der Waals surface area contributed by atoms with Crippen LogP contribution in [0.3, 0.4) is 0 Å². The Morgan fingerprint density at radius 2 is 1.76 bits per heavy atom. The van der Waals surface area contributed by atoms with Crippen LogP contribution in [0.25, 0.3) is 28.0 Å². The van der Waals surface area contributed by atoms with E-state index in [1.165, 1.54) is 0 Å². The van der Waals surface area contributed by atoms with Crippen molar-refractivity contribution in [2.75, 3.05) is 17.6 Å². The third-order valence-corrected chi connectivity index (χ3v) is 5.62. The van der Waals surface area contributed by atoms with Crippen molar-refractivity contribution in [1.82, 2.24) is 24.7 Å². The molecule has 0 aliphatic rings. The van der Waals surface area contributed by atoms with Gasteiger partial charge in [-0.1, -0.05) is 41.4 Å². The van der Waals surface area contributed by atoms with Crippen LogP contribution in [-0.2, 0) is 6.42 Å². The van der Waals surface area contributed by atoms with Gasteiger partial charge in [-0.3, -0.25) is 4.98 Å². The van der Waals surface area contributed by atoms with Crippen LogP contribution in [0.1, 0.15) is 5.69 Å². The maximum absolute atomic E-state index is 6.54. The summed E-state index contributed by atoms with van der Waals surface area (Å²) >= 11 is 12.3. The first kappa shape index (κ1) is 21.2. The Bertz CT molecular complexity index is 1420. The number of fused-ring (bicyclic) bond motifs is 1. The number of nitrogens with two attached hydrogens (primary N) is 1. The predicted octanol–water partition coefficient (Wildman–Crippen LogP) is 5.42. The topological polar surface area (TPSA) is 94.5 Å². The van der Waals surface area contributed by atoms with Gasteiger partial charge in [-0.25, -0.2) is 9.67 Å². The van der Waals surface area contributed by atoms with Gasteiger partial charge in [0.2, 0.25) is 5.95 Å². The van der Waals surface area contributed by atoms with Crippen LogP contribution >= 0.6 is 23.2 Å². The van der Waals surface area contributed by atoms with Crippen LogP contribution in [0.5, 0.6) is 0 Å². The highest BCUT2D eigenvalue weighted by Gasteiger charge is 2.19. The van der Waals surface area contributed by atoms with Gasteiger partial charge in [0.25, 0.3) is 0 Å². The molecule has 0 spiro atoms. The molecule has 0 atom stereocenters. The summed E-state index contributed by atoms with van der Waals surface area (Å²) in [6.07, 6.45) is 2.51. The van der Waals surface area contributed by atoms with Crippen molar-refractivity contribution in [3.63, 3.8) is 0 Å². The highest BCUT2D eigenvalue weighted by Crippen LogP contribution is 2.33. The minimum Gasteiger partial charge on any atom is -0.383 e. The Labute approximate surface area is 200 Å². The normalized spacial score (nSPS) is 11.1. The molecule has 5 rings (SSSR count). The number of halogens is 2. The van der Waals surface area contributed by atoms with Gasteiger partial charge in [-0.2, -0.15) is 4.98 Å². The van der Waals surface area contributed by atoms with E-state index in [0.717, 1.165) is 23.4 Å². The molecule has 0 saturated heterocycles. The number of nitrogen functional groups attached to an aromatic ring is 1. The van der Waals surface area contributed by atoms with Gasteiger partial charge in [0.1, 0.15) is 5.82 Å². The zero-order chi connectivity index (χ0) is 22.8. The van der Waals surface area contributed by atoms with E-state index in [1.54, 1.807) is 23.0 Å². The molecule has 5 aromatic rings. The molecule has 0 fully saturated rings. The Balaban J connectivity index is 1.58. The molecular formula is C24H19Cl2N7. The van der Waals surface area contributed by atoms with Crippen molar-refractivity contribution < 1.29 is 0 Å². The third kappa shape index (κ3) is 4.46. The van der Waals surface area contributed by atoms with Crippen LogP contribution in [-0.4, -0.2) is 31.3 Å². The minimum absolute atomic E-state index is 0.433. The lowest BCUT2D eigenvalue weighted by atomic mass is 10.1. The third-order valence-electron chi connectivity index (χ3n) is 5.13. The maximum atomic E-state index is 6.54. The average Bonchev–Trinajstić information content (AvgIpc) is 3.16. The fraction of sp³-hybridized carbons (Fsp3) is 0.0833. The second-order valence-corrected chi connectivity index (χ2v) is 8.25. The largest absolute Gasteiger partial charge is 0.383 e. The summed E-state index contributed by atoms with van der Waals surface area (Å²) in [4.78, 5) is 13.7. The average molecular weight is 476 g/mol. The van der Waals surface area contributed by atoms with E-state index in [0.29, 0.717) is 45.1 Å². The first-order chi connectivity index (χ1) is 16.1. The van der Waals surface area contributed by atoms with E-state index >= 15 is 0 Å². The number of nitrogens with zero attached hydrogens (tertiary/aromatic N) is 5. The van der Waals surface area contributed by atoms with E-state index in [1.807, 2.05) is 54.6 Å². The first-order valence-corrected chi connectivity index (χ1v) is 11.1. The predicted molar refractivity (Wildman–Crippen MR) is 133 cm³/mol. The Morgan fingerprint density at radius 3 is 2.52 bits per heavy atom. The number of nitrogens with one attached hydrogen (secondary N) is 1. The lowest BCUT2D eigenvalue weighted by molar-refractivity contribution is 0.897. The van der Waals surface area contributed by atoms with Crippen LogP contribution in [0.2, 0.25) is 10.0 Å². The number of hydrogen-bond acceptors (Lipinski definition) is 6. The van der Waals surface area contributed by atoms with Crippen LogP contribution < -0.4 is 11.1 Å². The van der Waals surface area contributed by atoms with Crippen molar-refractivity contribution >= 4 is 46.0 Å². The molecule has 3 heterocycles. The molecule has 9 heteroatoms. The van der Waals surface area contributed by atoms with Gasteiger partial charge >= 0.3 is 0 Å². The molecule has 0 saturated carbocycles. The van der Waals surface area contributed by atoms with Gasteiger partial charge in [-0.05, 0) is 48.5 Å². The van der Waals surface area contributed by atoms with E-state index in [4.69, 9.17) is 33.9 Å². The molecule has 2 aromatic carbocycles. The zero-order valence-corrected chi connectivity index (χ0v) is 18.9. The Hall–Kier alpha value is -3.68. The molecular weight excluding hydrogens is 457 g/mol. The smallest absolute Gasteiger partial charge is 0.225 e. The van der Waals surface area contributed by atoms with Crippen molar-refractivity contribution in [3.05, 3.63) is 88.7 Å². The quantitative estimate of drug-likeness (QED) is 0.340. The van der Waals surface area contributed by atoms with Gasteiger partial charge < -0.3 is 11.1 Å². The standard InChI is InChI=1S/C24H19Cl2N7/c25-16-7-9-19(10-8-16)33-22(27)20-21(15-4-3-5-17(26)14-15)30-24(31-23(20)32-33)29-13-11-18-6-1-2-12-28-18/h1-10,12,14H,11,13,27H2,(H,29,31,32). The van der Waals surface area contributed by atoms with Crippen LogP contribution in [0.4, 0.5) is 11.8 Å². The van der Waals surface area contributed by atoms with Crippen molar-refractivity contribution in [2.45, 2.75) is 6.42 Å². The lowest BCUT2D eigenvalue weighted by Crippen LogP contribution is -2.09. The molecule has 0 bridgehead atoms. The van der Waals surface area contributed by atoms with Gasteiger partial charge in [-0.15, -0.1) is 5.10 Å². The number of rotatable bonds is 6. The molecule has 164 valence electrons. The number of aromatic nitrogens is 5. The number of hydrogen-bond donors (Lipinski definition) is 2. The second-order valence-electron chi connectivity index (χ2n) is 7.38. The molecule has 3 aromatic heterocycles. The minimum atomic E-state index is 0.433. The fourth-order valence-electron chi connectivity index (χ4n) is 3.56. The fourth-order valence-corrected chi connectivity index (χ4v) is 3.88. The first-order valence-electron chi connectivity index (χ1n) is 10.3. The van der Waals surface area contributed by atoms with E-state index < -0.39 is 0 Å². The number of pyridine rings is 1. The molecule has 33 heavy (non-hydrogen) atoms. The molecule has 3 N–H and O–H groups in total. The van der Waals surface area contributed by atoms with Crippen molar-refractivity contribution in [1.29, 1.82) is 0 Å². The van der Waals surface area contributed by atoms with Crippen LogP contribution in [0.15, 0.2) is 72.9 Å². The summed E-state index contributed by atoms with van der Waals surface area (Å²) in [7, 11) is 0. The summed E-state index contributed by atoms with van der Waals surface area (Å²) in [6.45, 7) is 0.616. The van der Waals surface area contributed by atoms with Gasteiger partial charge in [0, 0.05) is 40.5 Å². The summed E-state index contributed by atoms with van der Waals surface area (Å²) in [5, 5.41) is 9.83. The molecule has 0 unspecified atom stereocenters. The highest BCUT2D eigenvalue weighted by atomic mass is 35.5. The van der Waals surface area contributed by atoms with E-state index in [-0.39, 0.29) is 0 Å². The Kier molecular flexibility index (Phi) is 5.81. The van der Waals surface area contributed by atoms with Gasteiger partial charge in [0.15, 0.2) is 5.65 Å². The van der Waals surface area contributed by atoms with E-state index in [2.05, 4.69) is 20.4 Å². The monoisotopic (exact) mass is 475 g/mol. The summed E-state index contributed by atoms with van der Waals surface area (Å²) in [5.74, 6) is 0.886. The number of benzene rings is 2. The van der Waals surface area contributed by atoms with E-state index in [9.17, 15) is 0 Å². The van der Waals surface area contributed by atoms with Gasteiger partial charge in [0.05, 0.1) is 16.8 Å². The lowest BCUT2D eigenvalue weighted by Gasteiger charge is -2.09.